The Morgan fingerprint density at radius 1 is 1.65 bits per heavy atom. The topological polar surface area (TPSA) is 38.1 Å². The first kappa shape index (κ1) is 12.6. The molecule has 0 atom stereocenters. The van der Waals surface area contributed by atoms with E-state index in [0.717, 1.165) is 36.0 Å². The Hall–Kier alpha value is -0.840. The quantitative estimate of drug-likeness (QED) is 0.799. The van der Waals surface area contributed by atoms with Crippen molar-refractivity contribution < 1.29 is 4.79 Å². The Morgan fingerprint density at radius 2 is 2.35 bits per heavy atom. The number of carbonyl (C=O) groups excluding carboxylic acids is 1. The lowest BCUT2D eigenvalue weighted by Gasteiger charge is -2.37. The standard InChI is InChI=1S/C12H18BrN3O/c1-9-11(8-14-15(9)2)12(17)16(7-6-13)10-4-3-5-10/h8,10H,3-7H2,1-2H3. The molecule has 1 aromatic heterocycles. The summed E-state index contributed by atoms with van der Waals surface area (Å²) in [5, 5.41) is 4.97. The van der Waals surface area contributed by atoms with E-state index in [9.17, 15) is 4.79 Å². The Morgan fingerprint density at radius 3 is 2.76 bits per heavy atom. The molecule has 1 saturated carbocycles. The molecule has 4 nitrogen and oxygen atoms in total. The van der Waals surface area contributed by atoms with Gasteiger partial charge in [-0.25, -0.2) is 0 Å². The van der Waals surface area contributed by atoms with E-state index in [4.69, 9.17) is 0 Å². The monoisotopic (exact) mass is 299 g/mol. The lowest BCUT2D eigenvalue weighted by molar-refractivity contribution is 0.0598. The van der Waals surface area contributed by atoms with Gasteiger partial charge in [-0.2, -0.15) is 5.10 Å². The van der Waals surface area contributed by atoms with Crippen molar-refractivity contribution in [2.75, 3.05) is 11.9 Å². The van der Waals surface area contributed by atoms with Crippen LogP contribution in [0.3, 0.4) is 0 Å². The molecule has 94 valence electrons. The average molecular weight is 300 g/mol. The predicted molar refractivity (Wildman–Crippen MR) is 70.4 cm³/mol. The van der Waals surface area contributed by atoms with Gasteiger partial charge in [-0.15, -0.1) is 0 Å². The van der Waals surface area contributed by atoms with Crippen LogP contribution in [0, 0.1) is 6.92 Å². The van der Waals surface area contributed by atoms with Crippen LogP contribution in [-0.2, 0) is 7.05 Å². The maximum atomic E-state index is 12.5. The van der Waals surface area contributed by atoms with Crippen molar-refractivity contribution >= 4 is 21.8 Å². The molecule has 1 fully saturated rings. The van der Waals surface area contributed by atoms with Crippen LogP contribution in [0.5, 0.6) is 0 Å². The van der Waals surface area contributed by atoms with Crippen LogP contribution in [0.15, 0.2) is 6.20 Å². The van der Waals surface area contributed by atoms with E-state index in [2.05, 4.69) is 21.0 Å². The molecule has 0 N–H and O–H groups in total. The SMILES string of the molecule is Cc1c(C(=O)N(CCBr)C2CCC2)cnn1C. The fraction of sp³-hybridized carbons (Fsp3) is 0.667. The molecular formula is C12H18BrN3O. The summed E-state index contributed by atoms with van der Waals surface area (Å²) < 4.78 is 1.75. The molecule has 5 heteroatoms. The van der Waals surface area contributed by atoms with E-state index in [1.54, 1.807) is 10.9 Å². The highest BCUT2D eigenvalue weighted by molar-refractivity contribution is 9.09. The summed E-state index contributed by atoms with van der Waals surface area (Å²) in [6, 6.07) is 0.430. The molecular weight excluding hydrogens is 282 g/mol. The highest BCUT2D eigenvalue weighted by Gasteiger charge is 2.30. The van der Waals surface area contributed by atoms with Gasteiger partial charge in [0.15, 0.2) is 0 Å². The molecule has 0 radical (unpaired) electrons. The van der Waals surface area contributed by atoms with Gasteiger partial charge >= 0.3 is 0 Å². The maximum absolute atomic E-state index is 12.5. The third-order valence-corrected chi connectivity index (χ3v) is 3.92. The van der Waals surface area contributed by atoms with Crippen LogP contribution < -0.4 is 0 Å². The Kier molecular flexibility index (Phi) is 3.86. The second-order valence-corrected chi connectivity index (χ2v) is 5.33. The molecule has 2 rings (SSSR count). The zero-order chi connectivity index (χ0) is 12.4. The molecule has 17 heavy (non-hydrogen) atoms. The van der Waals surface area contributed by atoms with Crippen LogP contribution >= 0.6 is 15.9 Å². The fourth-order valence-corrected chi connectivity index (χ4v) is 2.48. The third kappa shape index (κ3) is 2.39. The van der Waals surface area contributed by atoms with Crippen molar-refractivity contribution in [3.63, 3.8) is 0 Å². The fourth-order valence-electron chi connectivity index (χ4n) is 2.10. The van der Waals surface area contributed by atoms with Gasteiger partial charge in [0.2, 0.25) is 0 Å². The average Bonchev–Trinajstić information content (AvgIpc) is 2.56. The van der Waals surface area contributed by atoms with Crippen LogP contribution in [-0.4, -0.2) is 38.5 Å². The van der Waals surface area contributed by atoms with Gasteiger partial charge in [-0.05, 0) is 26.2 Å². The zero-order valence-corrected chi connectivity index (χ0v) is 11.9. The summed E-state index contributed by atoms with van der Waals surface area (Å²) in [7, 11) is 1.87. The molecule has 0 aromatic carbocycles. The van der Waals surface area contributed by atoms with Gasteiger partial charge < -0.3 is 4.90 Å². The van der Waals surface area contributed by atoms with Crippen molar-refractivity contribution in [1.29, 1.82) is 0 Å². The minimum absolute atomic E-state index is 0.125. The Labute approximate surface area is 110 Å². The number of hydrogen-bond acceptors (Lipinski definition) is 2. The normalized spacial score (nSPS) is 15.7. The molecule has 1 amide bonds. The highest BCUT2D eigenvalue weighted by Crippen LogP contribution is 2.26. The number of hydrogen-bond donors (Lipinski definition) is 0. The van der Waals surface area contributed by atoms with Crippen molar-refractivity contribution in [3.05, 3.63) is 17.5 Å². The number of rotatable bonds is 4. The summed E-state index contributed by atoms with van der Waals surface area (Å²) >= 11 is 3.42. The van der Waals surface area contributed by atoms with E-state index in [1.165, 1.54) is 6.42 Å². The number of carbonyl (C=O) groups is 1. The number of amides is 1. The van der Waals surface area contributed by atoms with Crippen LogP contribution in [0.4, 0.5) is 0 Å². The first-order valence-electron chi connectivity index (χ1n) is 6.00. The summed E-state index contributed by atoms with van der Waals surface area (Å²) in [5.41, 5.74) is 1.68. The summed E-state index contributed by atoms with van der Waals surface area (Å²) in [6.07, 6.45) is 5.19. The molecule has 1 heterocycles. The Bertz CT molecular complexity index is 412. The van der Waals surface area contributed by atoms with Crippen molar-refractivity contribution in [1.82, 2.24) is 14.7 Å². The molecule has 0 aliphatic heterocycles. The molecule has 0 unspecified atom stereocenters. The van der Waals surface area contributed by atoms with Gasteiger partial charge in [0.05, 0.1) is 11.8 Å². The second kappa shape index (κ2) is 5.21. The van der Waals surface area contributed by atoms with Crippen LogP contribution in [0.2, 0.25) is 0 Å². The third-order valence-electron chi connectivity index (χ3n) is 3.57. The van der Waals surface area contributed by atoms with Gasteiger partial charge in [0, 0.05) is 30.7 Å². The highest BCUT2D eigenvalue weighted by atomic mass is 79.9. The summed E-state index contributed by atoms with van der Waals surface area (Å²) in [5.74, 6) is 0.125. The maximum Gasteiger partial charge on any atom is 0.257 e. The summed E-state index contributed by atoms with van der Waals surface area (Å²) in [4.78, 5) is 14.4. The first-order chi connectivity index (χ1) is 8.15. The van der Waals surface area contributed by atoms with Gasteiger partial charge in [0.1, 0.15) is 0 Å². The van der Waals surface area contributed by atoms with E-state index in [-0.39, 0.29) is 5.91 Å². The number of aromatic nitrogens is 2. The van der Waals surface area contributed by atoms with Crippen molar-refractivity contribution in [2.24, 2.45) is 7.05 Å². The number of alkyl halides is 1. The van der Waals surface area contributed by atoms with Crippen LogP contribution in [0.1, 0.15) is 35.3 Å². The number of nitrogens with zero attached hydrogens (tertiary/aromatic N) is 3. The first-order valence-corrected chi connectivity index (χ1v) is 7.13. The molecule has 0 spiro atoms. The number of aryl methyl sites for hydroxylation is 1. The van der Waals surface area contributed by atoms with Crippen molar-refractivity contribution in [3.8, 4) is 0 Å². The molecule has 1 aromatic rings. The van der Waals surface area contributed by atoms with E-state index in [1.807, 2.05) is 18.9 Å². The smallest absolute Gasteiger partial charge is 0.257 e. The minimum atomic E-state index is 0.125. The molecule has 1 aliphatic carbocycles. The van der Waals surface area contributed by atoms with E-state index < -0.39 is 0 Å². The van der Waals surface area contributed by atoms with Crippen molar-refractivity contribution in [2.45, 2.75) is 32.2 Å². The van der Waals surface area contributed by atoms with Gasteiger partial charge in [-0.1, -0.05) is 15.9 Å². The molecule has 0 saturated heterocycles. The Balaban J connectivity index is 2.18. The second-order valence-electron chi connectivity index (χ2n) is 4.54. The predicted octanol–water partition coefficient (Wildman–Crippen LogP) is 2.12. The van der Waals surface area contributed by atoms with Gasteiger partial charge in [0.25, 0.3) is 5.91 Å². The van der Waals surface area contributed by atoms with Gasteiger partial charge in [-0.3, -0.25) is 9.48 Å². The lowest BCUT2D eigenvalue weighted by atomic mass is 9.91. The number of halogens is 1. The summed E-state index contributed by atoms with van der Waals surface area (Å²) in [6.45, 7) is 2.71. The largest absolute Gasteiger partial charge is 0.335 e. The molecule has 0 bridgehead atoms. The van der Waals surface area contributed by atoms with E-state index in [0.29, 0.717) is 6.04 Å². The lowest BCUT2D eigenvalue weighted by Crippen LogP contribution is -2.45. The zero-order valence-electron chi connectivity index (χ0n) is 10.3. The minimum Gasteiger partial charge on any atom is -0.335 e. The van der Waals surface area contributed by atoms with E-state index >= 15 is 0 Å². The molecule has 1 aliphatic rings. The van der Waals surface area contributed by atoms with Crippen LogP contribution in [0.25, 0.3) is 0 Å².